The Morgan fingerprint density at radius 2 is 2.05 bits per heavy atom. The van der Waals surface area contributed by atoms with Crippen molar-refractivity contribution in [1.82, 2.24) is 5.32 Å². The largest absolute Gasteiger partial charge is 0.343 e. The van der Waals surface area contributed by atoms with Gasteiger partial charge in [0, 0.05) is 5.02 Å². The van der Waals surface area contributed by atoms with Crippen LogP contribution < -0.4 is 10.2 Å². The summed E-state index contributed by atoms with van der Waals surface area (Å²) in [6, 6.07) is 4.38. The van der Waals surface area contributed by atoms with E-state index in [1.165, 1.54) is 4.90 Å². The van der Waals surface area contributed by atoms with E-state index in [1.807, 2.05) is 13.8 Å². The molecule has 2 rings (SSSR count). The maximum absolute atomic E-state index is 12.5. The van der Waals surface area contributed by atoms with Crippen molar-refractivity contribution in [1.29, 1.82) is 0 Å². The van der Waals surface area contributed by atoms with Crippen LogP contribution in [0.15, 0.2) is 18.2 Å². The van der Waals surface area contributed by atoms with E-state index in [9.17, 15) is 9.59 Å². The molecule has 1 unspecified atom stereocenters. The van der Waals surface area contributed by atoms with Gasteiger partial charge < -0.3 is 5.32 Å². The predicted molar refractivity (Wildman–Crippen MR) is 80.2 cm³/mol. The topological polar surface area (TPSA) is 49.4 Å². The molecule has 20 heavy (non-hydrogen) atoms. The van der Waals surface area contributed by atoms with Crippen molar-refractivity contribution in [2.75, 3.05) is 11.4 Å². The van der Waals surface area contributed by atoms with Gasteiger partial charge in [0.1, 0.15) is 12.6 Å². The molecule has 0 aliphatic carbocycles. The number of piperazine rings is 1. The summed E-state index contributed by atoms with van der Waals surface area (Å²) in [5.41, 5.74) is 0.518. The summed E-state index contributed by atoms with van der Waals surface area (Å²) >= 11 is 12.0. The van der Waals surface area contributed by atoms with Crippen LogP contribution in [0.3, 0.4) is 0 Å². The second-order valence-electron chi connectivity index (χ2n) is 5.27. The van der Waals surface area contributed by atoms with Gasteiger partial charge in [-0.05, 0) is 30.5 Å². The predicted octanol–water partition coefficient (Wildman–Crippen LogP) is 2.87. The molecule has 0 saturated carbocycles. The normalized spacial score (nSPS) is 19.4. The molecule has 1 aromatic rings. The average molecular weight is 315 g/mol. The fraction of sp³-hybridized carbons (Fsp3) is 0.429. The Kier molecular flexibility index (Phi) is 4.55. The minimum absolute atomic E-state index is 0.0191. The molecule has 0 spiro atoms. The molecule has 2 amide bonds. The Morgan fingerprint density at radius 3 is 2.65 bits per heavy atom. The Labute approximate surface area is 128 Å². The van der Waals surface area contributed by atoms with Crippen LogP contribution in [0.4, 0.5) is 5.69 Å². The summed E-state index contributed by atoms with van der Waals surface area (Å²) in [5, 5.41) is 3.59. The zero-order chi connectivity index (χ0) is 14.9. The van der Waals surface area contributed by atoms with Gasteiger partial charge in [-0.1, -0.05) is 37.0 Å². The maximum Gasteiger partial charge on any atom is 0.250 e. The molecule has 0 radical (unpaired) electrons. The molecular formula is C14H16Cl2N2O2. The van der Waals surface area contributed by atoms with Gasteiger partial charge in [-0.2, -0.15) is 0 Å². The first-order valence-corrected chi connectivity index (χ1v) is 7.20. The molecule has 1 heterocycles. The number of carbonyl (C=O) groups is 2. The average Bonchev–Trinajstić information content (AvgIpc) is 2.33. The van der Waals surface area contributed by atoms with Crippen molar-refractivity contribution in [2.45, 2.75) is 26.3 Å². The zero-order valence-electron chi connectivity index (χ0n) is 11.3. The first-order chi connectivity index (χ1) is 9.38. The molecule has 1 N–H and O–H groups in total. The lowest BCUT2D eigenvalue weighted by atomic mass is 10.0. The fourth-order valence-electron chi connectivity index (χ4n) is 2.25. The van der Waals surface area contributed by atoms with E-state index < -0.39 is 6.04 Å². The van der Waals surface area contributed by atoms with Gasteiger partial charge in [-0.25, -0.2) is 0 Å². The molecule has 1 aromatic carbocycles. The lowest BCUT2D eigenvalue weighted by molar-refractivity contribution is -0.131. The van der Waals surface area contributed by atoms with E-state index in [0.717, 1.165) is 0 Å². The van der Waals surface area contributed by atoms with Crippen LogP contribution in [0.2, 0.25) is 10.0 Å². The van der Waals surface area contributed by atoms with Gasteiger partial charge in [0.2, 0.25) is 11.8 Å². The van der Waals surface area contributed by atoms with Crippen molar-refractivity contribution < 1.29 is 9.59 Å². The van der Waals surface area contributed by atoms with Gasteiger partial charge in [0.05, 0.1) is 10.7 Å². The molecule has 1 fully saturated rings. The van der Waals surface area contributed by atoms with Crippen LogP contribution in [0.25, 0.3) is 0 Å². The Morgan fingerprint density at radius 1 is 1.35 bits per heavy atom. The van der Waals surface area contributed by atoms with Gasteiger partial charge in [-0.3, -0.25) is 14.5 Å². The number of anilines is 1. The highest BCUT2D eigenvalue weighted by Crippen LogP contribution is 2.30. The smallest absolute Gasteiger partial charge is 0.250 e. The third-order valence-electron chi connectivity index (χ3n) is 3.11. The molecule has 1 atom stereocenters. The first kappa shape index (κ1) is 15.1. The van der Waals surface area contributed by atoms with Crippen LogP contribution in [0, 0.1) is 5.92 Å². The van der Waals surface area contributed by atoms with Gasteiger partial charge in [0.25, 0.3) is 0 Å². The summed E-state index contributed by atoms with van der Waals surface area (Å²) in [6.45, 7) is 4.00. The number of amides is 2. The van der Waals surface area contributed by atoms with Crippen LogP contribution in [-0.4, -0.2) is 24.4 Å². The Hall–Kier alpha value is -1.26. The molecule has 0 aromatic heterocycles. The Bertz CT molecular complexity index is 546. The summed E-state index contributed by atoms with van der Waals surface area (Å²) < 4.78 is 0. The molecule has 4 nitrogen and oxygen atoms in total. The van der Waals surface area contributed by atoms with Crippen LogP contribution in [-0.2, 0) is 9.59 Å². The van der Waals surface area contributed by atoms with Gasteiger partial charge in [0.15, 0.2) is 0 Å². The summed E-state index contributed by atoms with van der Waals surface area (Å²) in [7, 11) is 0. The van der Waals surface area contributed by atoms with Crippen molar-refractivity contribution in [3.8, 4) is 0 Å². The van der Waals surface area contributed by atoms with E-state index in [2.05, 4.69) is 5.32 Å². The van der Waals surface area contributed by atoms with Crippen molar-refractivity contribution in [2.24, 2.45) is 5.92 Å². The molecule has 1 saturated heterocycles. The highest BCUT2D eigenvalue weighted by Gasteiger charge is 2.34. The minimum Gasteiger partial charge on any atom is -0.343 e. The van der Waals surface area contributed by atoms with Gasteiger partial charge in [-0.15, -0.1) is 0 Å². The number of nitrogens with zero attached hydrogens (tertiary/aromatic N) is 1. The Balaban J connectivity index is 2.30. The van der Waals surface area contributed by atoms with Crippen molar-refractivity contribution >= 4 is 40.7 Å². The third-order valence-corrected chi connectivity index (χ3v) is 3.65. The number of nitrogens with one attached hydrogen (secondary N) is 1. The highest BCUT2D eigenvalue weighted by molar-refractivity contribution is 6.37. The third kappa shape index (κ3) is 3.25. The minimum atomic E-state index is -0.497. The number of hydrogen-bond donors (Lipinski definition) is 1. The number of carbonyl (C=O) groups excluding carboxylic acids is 2. The first-order valence-electron chi connectivity index (χ1n) is 6.44. The molecule has 6 heteroatoms. The number of hydrogen-bond acceptors (Lipinski definition) is 2. The number of rotatable bonds is 3. The van der Waals surface area contributed by atoms with E-state index in [1.54, 1.807) is 18.2 Å². The second-order valence-corrected chi connectivity index (χ2v) is 6.11. The maximum atomic E-state index is 12.5. The monoisotopic (exact) mass is 314 g/mol. The molecule has 0 bridgehead atoms. The molecule has 1 aliphatic heterocycles. The molecular weight excluding hydrogens is 299 g/mol. The van der Waals surface area contributed by atoms with E-state index >= 15 is 0 Å². The lowest BCUT2D eigenvalue weighted by Gasteiger charge is -2.33. The summed E-state index contributed by atoms with van der Waals surface area (Å²) in [6.07, 6.45) is 0.603. The summed E-state index contributed by atoms with van der Waals surface area (Å²) in [4.78, 5) is 25.7. The van der Waals surface area contributed by atoms with E-state index in [0.29, 0.717) is 28.1 Å². The standard InChI is InChI=1S/C14H16Cl2N2O2/c1-8(2)5-11-14(20)18(7-13(19)17-11)12-4-3-9(15)6-10(12)16/h3-4,6,8,11H,5,7H2,1-2H3,(H,17,19). The quantitative estimate of drug-likeness (QED) is 0.932. The van der Waals surface area contributed by atoms with Crippen molar-refractivity contribution in [3.63, 3.8) is 0 Å². The second kappa shape index (κ2) is 6.02. The van der Waals surface area contributed by atoms with Crippen LogP contribution in [0.5, 0.6) is 0 Å². The highest BCUT2D eigenvalue weighted by atomic mass is 35.5. The van der Waals surface area contributed by atoms with E-state index in [-0.39, 0.29) is 18.4 Å². The fourth-order valence-corrected chi connectivity index (χ4v) is 2.76. The van der Waals surface area contributed by atoms with Gasteiger partial charge >= 0.3 is 0 Å². The van der Waals surface area contributed by atoms with Crippen LogP contribution in [0.1, 0.15) is 20.3 Å². The number of halogens is 2. The number of benzene rings is 1. The van der Waals surface area contributed by atoms with E-state index in [4.69, 9.17) is 23.2 Å². The summed E-state index contributed by atoms with van der Waals surface area (Å²) in [5.74, 6) is -0.00585. The zero-order valence-corrected chi connectivity index (χ0v) is 12.8. The molecule has 1 aliphatic rings. The lowest BCUT2D eigenvalue weighted by Crippen LogP contribution is -2.58. The molecule has 108 valence electrons. The van der Waals surface area contributed by atoms with Crippen LogP contribution >= 0.6 is 23.2 Å². The van der Waals surface area contributed by atoms with Crippen molar-refractivity contribution in [3.05, 3.63) is 28.2 Å². The SMILES string of the molecule is CC(C)CC1NC(=O)CN(c2ccc(Cl)cc2Cl)C1=O.